The molecule has 0 N–H and O–H groups in total. The van der Waals surface area contributed by atoms with Crippen molar-refractivity contribution in [1.82, 2.24) is 0 Å². The van der Waals surface area contributed by atoms with Crippen molar-refractivity contribution in [3.05, 3.63) is 24.3 Å². The molecule has 1 heterocycles. The zero-order chi connectivity index (χ0) is 11.6. The van der Waals surface area contributed by atoms with Gasteiger partial charge in [0.1, 0.15) is 0 Å². The van der Waals surface area contributed by atoms with Gasteiger partial charge in [0.05, 0.1) is 6.04 Å². The fourth-order valence-corrected chi connectivity index (χ4v) is 2.91. The van der Waals surface area contributed by atoms with Gasteiger partial charge in [0.2, 0.25) is 0 Å². The summed E-state index contributed by atoms with van der Waals surface area (Å²) in [6.07, 6.45) is 15.0. The molecule has 0 aromatic heterocycles. The largest absolute Gasteiger partial charge is 0.289 e. The van der Waals surface area contributed by atoms with Gasteiger partial charge in [-0.25, -0.2) is 0 Å². The number of hydrogen-bond acceptors (Lipinski definition) is 1. The van der Waals surface area contributed by atoms with Crippen LogP contribution < -0.4 is 0 Å². The summed E-state index contributed by atoms with van der Waals surface area (Å²) in [5.41, 5.74) is 0.383. The second-order valence-electron chi connectivity index (χ2n) is 5.75. The van der Waals surface area contributed by atoms with E-state index in [-0.39, 0.29) is 0 Å². The van der Waals surface area contributed by atoms with Gasteiger partial charge >= 0.3 is 0 Å². The van der Waals surface area contributed by atoms with Crippen molar-refractivity contribution < 1.29 is 0 Å². The van der Waals surface area contributed by atoms with E-state index < -0.39 is 0 Å². The number of unbranched alkanes of at least 4 members (excludes halogenated alkanes) is 1. The Morgan fingerprint density at radius 2 is 1.94 bits per heavy atom. The Balaban J connectivity index is 2.07. The molecule has 0 amide bonds. The molecular weight excluding hydrogens is 194 g/mol. The van der Waals surface area contributed by atoms with Crippen LogP contribution in [0.5, 0.6) is 0 Å². The van der Waals surface area contributed by atoms with Gasteiger partial charge in [-0.2, -0.15) is 0 Å². The molecular formula is C15H23N. The molecule has 2 rings (SSSR count). The first-order valence-corrected chi connectivity index (χ1v) is 6.53. The summed E-state index contributed by atoms with van der Waals surface area (Å²) in [7, 11) is 0. The Hall–Kier alpha value is -0.850. The van der Waals surface area contributed by atoms with E-state index in [4.69, 9.17) is 0 Å². The third-order valence-electron chi connectivity index (χ3n) is 4.06. The molecule has 3 unspecified atom stereocenters. The fourth-order valence-electron chi connectivity index (χ4n) is 2.91. The molecule has 0 radical (unpaired) electrons. The maximum absolute atomic E-state index is 4.65. The molecule has 2 aliphatic rings. The lowest BCUT2D eigenvalue weighted by atomic mass is 9.68. The molecule has 88 valence electrons. The zero-order valence-corrected chi connectivity index (χ0v) is 10.7. The van der Waals surface area contributed by atoms with Crippen LogP contribution in [-0.2, 0) is 0 Å². The highest BCUT2D eigenvalue weighted by Crippen LogP contribution is 2.42. The van der Waals surface area contributed by atoms with Crippen LogP contribution in [0.2, 0.25) is 0 Å². The molecule has 1 aliphatic carbocycles. The number of fused-ring (bicyclic) bond motifs is 1. The third-order valence-corrected chi connectivity index (χ3v) is 4.06. The minimum atomic E-state index is 0.383. The molecule has 1 heteroatoms. The highest BCUT2D eigenvalue weighted by Gasteiger charge is 2.39. The molecule has 1 nitrogen and oxygen atoms in total. The average molecular weight is 217 g/mol. The summed E-state index contributed by atoms with van der Waals surface area (Å²) in [6.45, 7) is 7.06. The van der Waals surface area contributed by atoms with Crippen LogP contribution in [0.25, 0.3) is 0 Å². The molecule has 3 atom stereocenters. The smallest absolute Gasteiger partial charge is 0.0748 e. The first-order chi connectivity index (χ1) is 7.65. The molecule has 0 fully saturated rings. The predicted octanol–water partition coefficient (Wildman–Crippen LogP) is 4.01. The highest BCUT2D eigenvalue weighted by molar-refractivity contribution is 5.67. The van der Waals surface area contributed by atoms with E-state index in [9.17, 15) is 0 Å². The van der Waals surface area contributed by atoms with Crippen molar-refractivity contribution in [2.24, 2.45) is 22.2 Å². The second-order valence-corrected chi connectivity index (χ2v) is 5.75. The standard InChI is InChI=1S/C15H23N/c1-4-5-10-15(2,3)13-11-16-14-9-7-6-8-12(13)14/h6-9,11-14H,4-5,10H2,1-3H3. The third kappa shape index (κ3) is 2.14. The predicted molar refractivity (Wildman–Crippen MR) is 70.8 cm³/mol. The zero-order valence-electron chi connectivity index (χ0n) is 10.7. The van der Waals surface area contributed by atoms with Gasteiger partial charge in [-0.15, -0.1) is 0 Å². The van der Waals surface area contributed by atoms with Gasteiger partial charge < -0.3 is 0 Å². The van der Waals surface area contributed by atoms with E-state index in [0.717, 1.165) is 0 Å². The van der Waals surface area contributed by atoms with Gasteiger partial charge in [-0.05, 0) is 11.8 Å². The Labute approximate surface area is 99.4 Å². The minimum absolute atomic E-state index is 0.383. The van der Waals surface area contributed by atoms with Gasteiger partial charge in [0.25, 0.3) is 0 Å². The van der Waals surface area contributed by atoms with Gasteiger partial charge in [0, 0.05) is 18.1 Å². The van der Waals surface area contributed by atoms with Crippen molar-refractivity contribution >= 4 is 6.21 Å². The maximum Gasteiger partial charge on any atom is 0.0748 e. The van der Waals surface area contributed by atoms with Crippen molar-refractivity contribution in [3.63, 3.8) is 0 Å². The number of nitrogens with zero attached hydrogens (tertiary/aromatic N) is 1. The first kappa shape index (κ1) is 11.6. The SMILES string of the molecule is CCCCC(C)(C)C1C=NC2C=CC=CC21. The van der Waals surface area contributed by atoms with E-state index in [1.807, 2.05) is 0 Å². The molecule has 1 aliphatic heterocycles. The number of rotatable bonds is 4. The van der Waals surface area contributed by atoms with Crippen LogP contribution in [0.1, 0.15) is 40.0 Å². The van der Waals surface area contributed by atoms with Crippen molar-refractivity contribution in [3.8, 4) is 0 Å². The Kier molecular flexibility index (Phi) is 3.32. The van der Waals surface area contributed by atoms with Crippen LogP contribution in [0.15, 0.2) is 29.3 Å². The summed E-state index contributed by atoms with van der Waals surface area (Å²) >= 11 is 0. The summed E-state index contributed by atoms with van der Waals surface area (Å²) in [5, 5.41) is 0. The lowest BCUT2D eigenvalue weighted by Crippen LogP contribution is -2.32. The average Bonchev–Trinajstić information content (AvgIpc) is 2.71. The second kappa shape index (κ2) is 4.57. The maximum atomic E-state index is 4.65. The van der Waals surface area contributed by atoms with Crippen molar-refractivity contribution in [2.75, 3.05) is 0 Å². The van der Waals surface area contributed by atoms with E-state index in [1.54, 1.807) is 0 Å². The van der Waals surface area contributed by atoms with Crippen LogP contribution in [-0.4, -0.2) is 12.3 Å². The quantitative estimate of drug-likeness (QED) is 0.674. The Morgan fingerprint density at radius 3 is 2.69 bits per heavy atom. The van der Waals surface area contributed by atoms with E-state index in [1.165, 1.54) is 19.3 Å². The summed E-state index contributed by atoms with van der Waals surface area (Å²) in [4.78, 5) is 4.65. The number of aliphatic imine (C=N–C) groups is 1. The van der Waals surface area contributed by atoms with Crippen molar-refractivity contribution in [2.45, 2.75) is 46.1 Å². The molecule has 0 aromatic rings. The normalized spacial score (nSPS) is 32.1. The minimum Gasteiger partial charge on any atom is -0.289 e. The van der Waals surface area contributed by atoms with Gasteiger partial charge in [-0.3, -0.25) is 4.99 Å². The van der Waals surface area contributed by atoms with E-state index >= 15 is 0 Å². The first-order valence-electron chi connectivity index (χ1n) is 6.53. The summed E-state index contributed by atoms with van der Waals surface area (Å²) < 4.78 is 0. The summed E-state index contributed by atoms with van der Waals surface area (Å²) in [5.74, 6) is 1.22. The molecule has 0 saturated heterocycles. The highest BCUT2D eigenvalue weighted by atomic mass is 14.8. The van der Waals surface area contributed by atoms with Crippen LogP contribution in [0.3, 0.4) is 0 Å². The van der Waals surface area contributed by atoms with Crippen LogP contribution >= 0.6 is 0 Å². The molecule has 16 heavy (non-hydrogen) atoms. The molecule has 0 bridgehead atoms. The number of hydrogen-bond donors (Lipinski definition) is 0. The summed E-state index contributed by atoms with van der Waals surface area (Å²) in [6, 6.07) is 0.413. The molecule has 0 aromatic carbocycles. The Bertz CT molecular complexity index is 322. The number of allylic oxidation sites excluding steroid dienone is 2. The van der Waals surface area contributed by atoms with E-state index in [2.05, 4.69) is 56.3 Å². The fraction of sp³-hybridized carbons (Fsp3) is 0.667. The lowest BCUT2D eigenvalue weighted by molar-refractivity contribution is 0.213. The Morgan fingerprint density at radius 1 is 1.19 bits per heavy atom. The topological polar surface area (TPSA) is 12.4 Å². The van der Waals surface area contributed by atoms with Gasteiger partial charge in [-0.1, -0.05) is 57.9 Å². The molecule has 0 spiro atoms. The van der Waals surface area contributed by atoms with E-state index in [0.29, 0.717) is 23.3 Å². The van der Waals surface area contributed by atoms with Crippen LogP contribution in [0, 0.1) is 17.3 Å². The molecule has 0 saturated carbocycles. The van der Waals surface area contributed by atoms with Crippen LogP contribution in [0.4, 0.5) is 0 Å². The lowest BCUT2D eigenvalue weighted by Gasteiger charge is -2.35. The van der Waals surface area contributed by atoms with Gasteiger partial charge in [0.15, 0.2) is 0 Å². The monoisotopic (exact) mass is 217 g/mol. The van der Waals surface area contributed by atoms with Crippen molar-refractivity contribution in [1.29, 1.82) is 0 Å².